The van der Waals surface area contributed by atoms with Crippen LogP contribution in [-0.2, 0) is 19.2 Å². The molecule has 0 bridgehead atoms. The normalized spacial score (nSPS) is 23.9. The van der Waals surface area contributed by atoms with E-state index in [-0.39, 0.29) is 36.5 Å². The van der Waals surface area contributed by atoms with Crippen LogP contribution in [0.5, 0.6) is 0 Å². The molecule has 0 aliphatic carbocycles. The lowest BCUT2D eigenvalue weighted by atomic mass is 9.84. The number of nitrogens with zero attached hydrogens (tertiary/aromatic N) is 2. The first-order valence-corrected chi connectivity index (χ1v) is 14.1. The molecule has 4 N–H and O–H groups in total. The van der Waals surface area contributed by atoms with Gasteiger partial charge in [-0.1, -0.05) is 25.3 Å². The molecule has 10 nitrogen and oxygen atoms in total. The Morgan fingerprint density at radius 2 is 1.21 bits per heavy atom. The summed E-state index contributed by atoms with van der Waals surface area (Å²) in [7, 11) is 0. The van der Waals surface area contributed by atoms with Gasteiger partial charge >= 0.3 is 11.9 Å². The molecule has 4 rings (SSSR count). The third kappa shape index (κ3) is 6.33. The van der Waals surface area contributed by atoms with Crippen LogP contribution in [0.2, 0.25) is 0 Å². The Hall–Kier alpha value is -4.86. The number of aliphatic imine (C=N–C) groups is 2. The molecule has 0 aromatic carbocycles. The van der Waals surface area contributed by atoms with Crippen molar-refractivity contribution in [3.05, 3.63) is 93.7 Å². The summed E-state index contributed by atoms with van der Waals surface area (Å²) in [6.07, 6.45) is 7.58. The van der Waals surface area contributed by atoms with Gasteiger partial charge in [-0.05, 0) is 69.4 Å². The van der Waals surface area contributed by atoms with Gasteiger partial charge in [-0.25, -0.2) is 0 Å². The average Bonchev–Trinajstić information content (AvgIpc) is 3.59. The Kier molecular flexibility index (Phi) is 9.08. The van der Waals surface area contributed by atoms with Gasteiger partial charge in [0.15, 0.2) is 0 Å². The van der Waals surface area contributed by atoms with Crippen molar-refractivity contribution in [1.29, 1.82) is 0 Å². The smallest absolute Gasteiger partial charge is 0.303 e. The standard InChI is InChI=1S/C33H36N4O6/c1-7-20-19(6)32(42)37-27(20)14-25-18(5)23(10-12-31(40)41)29(35-25)15-28-22(9-11-30(38)39)17(4)24(34-28)13-26-16(3)21(8-2)33(43)36-26/h7-8,13-14,22-23H,1-2,9-12,15H2,3-6H3,(H,36,43)(H,37,42)(H,38,39)(H,40,41)/b26-13+,27-14+/t22-,23+/m0/s1. The summed E-state index contributed by atoms with van der Waals surface area (Å²) in [5.41, 5.74) is 8.18. The highest BCUT2D eigenvalue weighted by atomic mass is 16.4. The zero-order valence-corrected chi connectivity index (χ0v) is 24.8. The quantitative estimate of drug-likeness (QED) is 0.257. The summed E-state index contributed by atoms with van der Waals surface area (Å²) < 4.78 is 0. The van der Waals surface area contributed by atoms with Gasteiger partial charge in [0.1, 0.15) is 0 Å². The van der Waals surface area contributed by atoms with E-state index in [1.165, 1.54) is 6.08 Å². The topological polar surface area (TPSA) is 158 Å². The SMILES string of the molecule is C=CC1=C(C)/C(=C\C2=C(C)[C@H](CCC(=O)O)C(CC3=NC(/C=C4/NC(=O)C(C)=C4C=C)=C(C)[C@H]3CCC(=O)O)=N2)NC1=O. The number of nitrogens with one attached hydrogen (secondary N) is 2. The molecule has 43 heavy (non-hydrogen) atoms. The first-order valence-electron chi connectivity index (χ1n) is 14.1. The van der Waals surface area contributed by atoms with E-state index in [0.29, 0.717) is 58.8 Å². The number of allylic oxidation sites excluding steroid dienone is 6. The average molecular weight is 585 g/mol. The Morgan fingerprint density at radius 1 is 0.744 bits per heavy atom. The van der Waals surface area contributed by atoms with E-state index < -0.39 is 11.9 Å². The van der Waals surface area contributed by atoms with Crippen LogP contribution in [0.3, 0.4) is 0 Å². The molecular formula is C33H36N4O6. The Morgan fingerprint density at radius 3 is 1.65 bits per heavy atom. The monoisotopic (exact) mass is 584 g/mol. The summed E-state index contributed by atoms with van der Waals surface area (Å²) >= 11 is 0. The van der Waals surface area contributed by atoms with Crippen molar-refractivity contribution in [3.8, 4) is 0 Å². The van der Waals surface area contributed by atoms with Gasteiger partial charge in [0.2, 0.25) is 0 Å². The lowest BCUT2D eigenvalue weighted by Crippen LogP contribution is -2.22. The minimum atomic E-state index is -0.917. The van der Waals surface area contributed by atoms with Crippen LogP contribution >= 0.6 is 0 Å². The maximum absolute atomic E-state index is 12.3. The summed E-state index contributed by atoms with van der Waals surface area (Å²) in [4.78, 5) is 57.4. The zero-order chi connectivity index (χ0) is 31.6. The number of carbonyl (C=O) groups is 4. The highest BCUT2D eigenvalue weighted by Gasteiger charge is 2.34. The second-order valence-electron chi connectivity index (χ2n) is 11.0. The van der Waals surface area contributed by atoms with E-state index in [1.54, 1.807) is 25.2 Å². The molecule has 4 aliphatic rings. The molecule has 10 heteroatoms. The molecule has 2 atom stereocenters. The van der Waals surface area contributed by atoms with Crippen LogP contribution in [0.4, 0.5) is 0 Å². The fourth-order valence-electron chi connectivity index (χ4n) is 5.85. The van der Waals surface area contributed by atoms with Crippen molar-refractivity contribution in [2.75, 3.05) is 0 Å². The van der Waals surface area contributed by atoms with Crippen molar-refractivity contribution < 1.29 is 29.4 Å². The third-order valence-corrected chi connectivity index (χ3v) is 8.40. The number of aliphatic carboxylic acids is 2. The number of carbonyl (C=O) groups excluding carboxylic acids is 2. The largest absolute Gasteiger partial charge is 0.481 e. The molecule has 0 fully saturated rings. The molecule has 0 saturated heterocycles. The fraction of sp³-hybridized carbons (Fsp3) is 0.333. The van der Waals surface area contributed by atoms with Gasteiger partial charge < -0.3 is 20.8 Å². The van der Waals surface area contributed by atoms with Crippen molar-refractivity contribution >= 4 is 35.2 Å². The molecular weight excluding hydrogens is 548 g/mol. The lowest BCUT2D eigenvalue weighted by Gasteiger charge is -2.18. The van der Waals surface area contributed by atoms with E-state index >= 15 is 0 Å². The highest BCUT2D eigenvalue weighted by molar-refractivity contribution is 6.11. The lowest BCUT2D eigenvalue weighted by molar-refractivity contribution is -0.138. The number of carboxylic acids is 2. The Bertz CT molecular complexity index is 1610. The summed E-state index contributed by atoms with van der Waals surface area (Å²) in [6, 6.07) is 0. The van der Waals surface area contributed by atoms with Gasteiger partial charge in [0.25, 0.3) is 11.8 Å². The molecule has 0 aromatic heterocycles. The van der Waals surface area contributed by atoms with Gasteiger partial charge in [-0.2, -0.15) is 0 Å². The van der Waals surface area contributed by atoms with Crippen LogP contribution in [0.1, 0.15) is 59.8 Å². The molecule has 0 saturated carbocycles. The number of carboxylic acid groups (broad SMARTS) is 2. The predicted molar refractivity (Wildman–Crippen MR) is 164 cm³/mol. The molecule has 0 unspecified atom stereocenters. The minimum Gasteiger partial charge on any atom is -0.481 e. The number of rotatable bonds is 12. The second-order valence-corrected chi connectivity index (χ2v) is 11.0. The maximum atomic E-state index is 12.3. The number of hydrogen-bond donors (Lipinski definition) is 4. The van der Waals surface area contributed by atoms with Gasteiger partial charge in [-0.15, -0.1) is 0 Å². The van der Waals surface area contributed by atoms with Crippen LogP contribution in [0.15, 0.2) is 104 Å². The van der Waals surface area contributed by atoms with Crippen molar-refractivity contribution in [3.63, 3.8) is 0 Å². The Labute approximate surface area is 250 Å². The maximum Gasteiger partial charge on any atom is 0.303 e. The Balaban J connectivity index is 1.71. The first kappa shape index (κ1) is 31.1. The molecule has 0 radical (unpaired) electrons. The number of amides is 2. The van der Waals surface area contributed by atoms with E-state index in [4.69, 9.17) is 9.98 Å². The first-order chi connectivity index (χ1) is 20.4. The minimum absolute atomic E-state index is 0.0551. The molecule has 224 valence electrons. The van der Waals surface area contributed by atoms with E-state index in [2.05, 4.69) is 23.8 Å². The summed E-state index contributed by atoms with van der Waals surface area (Å²) in [6.45, 7) is 14.9. The van der Waals surface area contributed by atoms with Crippen LogP contribution in [0.25, 0.3) is 0 Å². The van der Waals surface area contributed by atoms with Crippen LogP contribution < -0.4 is 10.6 Å². The van der Waals surface area contributed by atoms with Crippen molar-refractivity contribution in [1.82, 2.24) is 10.6 Å². The summed E-state index contributed by atoms with van der Waals surface area (Å²) in [5, 5.41) is 24.6. The highest BCUT2D eigenvalue weighted by Crippen LogP contribution is 2.38. The second kappa shape index (κ2) is 12.6. The van der Waals surface area contributed by atoms with Gasteiger partial charge in [0.05, 0.1) is 17.1 Å². The van der Waals surface area contributed by atoms with E-state index in [1.807, 2.05) is 20.8 Å². The van der Waals surface area contributed by atoms with E-state index in [0.717, 1.165) is 28.1 Å². The van der Waals surface area contributed by atoms with E-state index in [9.17, 15) is 29.4 Å². The molecule has 4 heterocycles. The molecule has 2 amide bonds. The van der Waals surface area contributed by atoms with Gasteiger partial charge in [-0.3, -0.25) is 29.2 Å². The molecule has 0 aromatic rings. The summed E-state index contributed by atoms with van der Waals surface area (Å²) in [5.74, 6) is -2.81. The molecule has 0 spiro atoms. The van der Waals surface area contributed by atoms with Crippen molar-refractivity contribution in [2.24, 2.45) is 21.8 Å². The zero-order valence-electron chi connectivity index (χ0n) is 24.8. The predicted octanol–water partition coefficient (Wildman–Crippen LogP) is 4.83. The number of hydrogen-bond acceptors (Lipinski definition) is 6. The third-order valence-electron chi connectivity index (χ3n) is 8.40. The van der Waals surface area contributed by atoms with Crippen LogP contribution in [0, 0.1) is 11.8 Å². The van der Waals surface area contributed by atoms with Crippen LogP contribution in [-0.4, -0.2) is 45.4 Å². The molecule has 4 aliphatic heterocycles. The fourth-order valence-corrected chi connectivity index (χ4v) is 5.85. The van der Waals surface area contributed by atoms with Gasteiger partial charge in [0, 0.05) is 64.9 Å². The van der Waals surface area contributed by atoms with Crippen molar-refractivity contribution in [2.45, 2.75) is 59.8 Å².